The van der Waals surface area contributed by atoms with Crippen LogP contribution in [-0.2, 0) is 4.74 Å². The quantitative estimate of drug-likeness (QED) is 0.567. The van der Waals surface area contributed by atoms with Gasteiger partial charge in [-0.05, 0) is 13.8 Å². The Morgan fingerprint density at radius 2 is 2.36 bits per heavy atom. The summed E-state index contributed by atoms with van der Waals surface area (Å²) in [6, 6.07) is 0. The summed E-state index contributed by atoms with van der Waals surface area (Å²) in [6.45, 7) is 9.41. The van der Waals surface area contributed by atoms with Gasteiger partial charge in [0.25, 0.3) is 0 Å². The fourth-order valence-corrected chi connectivity index (χ4v) is 0.984. The van der Waals surface area contributed by atoms with Crippen LogP contribution in [0.5, 0.6) is 0 Å². The van der Waals surface area contributed by atoms with Crippen molar-refractivity contribution in [1.29, 1.82) is 0 Å². The number of hydrogen-bond acceptors (Lipinski definition) is 2. The first-order valence-electron chi connectivity index (χ1n) is 3.99. The molecule has 1 aliphatic rings. The van der Waals surface area contributed by atoms with Crippen molar-refractivity contribution in [3.05, 3.63) is 12.2 Å². The van der Waals surface area contributed by atoms with E-state index >= 15 is 0 Å². The summed E-state index contributed by atoms with van der Waals surface area (Å²) in [5.74, 6) is 0. The molecule has 2 heteroatoms. The lowest BCUT2D eigenvalue weighted by Gasteiger charge is -2.06. The van der Waals surface area contributed by atoms with Gasteiger partial charge in [-0.15, -0.1) is 0 Å². The van der Waals surface area contributed by atoms with Crippen LogP contribution in [0.15, 0.2) is 17.1 Å². The third-order valence-electron chi connectivity index (χ3n) is 1.56. The first-order chi connectivity index (χ1) is 5.18. The van der Waals surface area contributed by atoms with Crippen molar-refractivity contribution in [2.24, 2.45) is 4.99 Å². The molecule has 1 rings (SSSR count). The van der Waals surface area contributed by atoms with Gasteiger partial charge in [-0.2, -0.15) is 0 Å². The molecule has 0 spiro atoms. The molecule has 0 radical (unpaired) electrons. The van der Waals surface area contributed by atoms with Gasteiger partial charge in [0.15, 0.2) is 0 Å². The topological polar surface area (TPSA) is 21.6 Å². The summed E-state index contributed by atoms with van der Waals surface area (Å²) in [4.78, 5) is 4.28. The molecule has 0 aromatic carbocycles. The Balaban J connectivity index is 2.23. The van der Waals surface area contributed by atoms with Gasteiger partial charge in [0.1, 0.15) is 0 Å². The molecule has 1 heterocycles. The molecule has 0 aliphatic carbocycles. The van der Waals surface area contributed by atoms with Gasteiger partial charge in [0, 0.05) is 12.1 Å². The molecule has 1 aliphatic heterocycles. The van der Waals surface area contributed by atoms with E-state index in [1.165, 1.54) is 5.57 Å². The number of hydrogen-bond donors (Lipinski definition) is 0. The van der Waals surface area contributed by atoms with Crippen LogP contribution >= 0.6 is 0 Å². The lowest BCUT2D eigenvalue weighted by molar-refractivity contribution is 0.110. The number of aliphatic imine (C=N–C) groups is 1. The molecular weight excluding hydrogens is 138 g/mol. The van der Waals surface area contributed by atoms with E-state index in [-0.39, 0.29) is 0 Å². The van der Waals surface area contributed by atoms with E-state index in [1.807, 2.05) is 13.8 Å². The average Bonchev–Trinajstić information content (AvgIpc) is 2.31. The van der Waals surface area contributed by atoms with Crippen molar-refractivity contribution in [3.8, 4) is 0 Å². The minimum Gasteiger partial charge on any atom is -0.373 e. The molecule has 0 aromatic heterocycles. The van der Waals surface area contributed by atoms with E-state index in [1.54, 1.807) is 0 Å². The van der Waals surface area contributed by atoms with Crippen molar-refractivity contribution in [2.45, 2.75) is 26.4 Å². The van der Waals surface area contributed by atoms with E-state index in [2.05, 4.69) is 11.6 Å². The summed E-state index contributed by atoms with van der Waals surface area (Å²) in [5, 5.41) is 0. The summed E-state index contributed by atoms with van der Waals surface area (Å²) in [7, 11) is 0. The van der Waals surface area contributed by atoms with E-state index in [0.717, 1.165) is 18.7 Å². The molecule has 0 amide bonds. The van der Waals surface area contributed by atoms with E-state index in [0.29, 0.717) is 12.7 Å². The zero-order valence-corrected chi connectivity index (χ0v) is 7.26. The molecule has 0 atom stereocenters. The highest BCUT2D eigenvalue weighted by Crippen LogP contribution is 2.10. The minimum atomic E-state index is 0.298. The Bertz CT molecular complexity index is 182. The fourth-order valence-electron chi connectivity index (χ4n) is 0.984. The van der Waals surface area contributed by atoms with Crippen LogP contribution in [-0.4, -0.2) is 25.0 Å². The maximum atomic E-state index is 5.40. The largest absolute Gasteiger partial charge is 0.373 e. The Hall–Kier alpha value is -0.630. The van der Waals surface area contributed by atoms with Crippen molar-refractivity contribution in [1.82, 2.24) is 0 Å². The molecule has 0 N–H and O–H groups in total. The zero-order valence-electron chi connectivity index (χ0n) is 7.26. The van der Waals surface area contributed by atoms with Crippen molar-refractivity contribution < 1.29 is 4.74 Å². The molecule has 62 valence electrons. The Labute approximate surface area is 68.0 Å². The van der Waals surface area contributed by atoms with E-state index < -0.39 is 0 Å². The molecule has 0 saturated heterocycles. The van der Waals surface area contributed by atoms with Crippen LogP contribution in [0.4, 0.5) is 0 Å². The summed E-state index contributed by atoms with van der Waals surface area (Å²) >= 11 is 0. The van der Waals surface area contributed by atoms with Gasteiger partial charge < -0.3 is 4.74 Å². The Kier molecular flexibility index (Phi) is 2.83. The second kappa shape index (κ2) is 3.67. The van der Waals surface area contributed by atoms with E-state index in [4.69, 9.17) is 4.74 Å². The van der Waals surface area contributed by atoms with Crippen LogP contribution in [0.2, 0.25) is 0 Å². The summed E-state index contributed by atoms with van der Waals surface area (Å²) in [5.41, 5.74) is 2.34. The average molecular weight is 153 g/mol. The Morgan fingerprint density at radius 3 is 2.82 bits per heavy atom. The molecule has 0 aromatic rings. The maximum absolute atomic E-state index is 5.40. The highest BCUT2D eigenvalue weighted by Gasteiger charge is 2.09. The number of ether oxygens (including phenoxy) is 1. The van der Waals surface area contributed by atoms with Gasteiger partial charge in [-0.25, -0.2) is 0 Å². The van der Waals surface area contributed by atoms with Gasteiger partial charge in [-0.3, -0.25) is 4.99 Å². The predicted molar refractivity (Wildman–Crippen MR) is 47.1 cm³/mol. The lowest BCUT2D eigenvalue weighted by Crippen LogP contribution is -2.11. The SMILES string of the molecule is C=C1CN=C(COC(C)C)C1. The number of rotatable bonds is 3. The predicted octanol–water partition coefficient (Wildman–Crippen LogP) is 1.81. The monoisotopic (exact) mass is 153 g/mol. The molecule has 2 nitrogen and oxygen atoms in total. The van der Waals surface area contributed by atoms with Crippen LogP contribution in [0.3, 0.4) is 0 Å². The first kappa shape index (κ1) is 8.47. The van der Waals surface area contributed by atoms with Crippen molar-refractivity contribution in [3.63, 3.8) is 0 Å². The zero-order chi connectivity index (χ0) is 8.27. The third kappa shape index (κ3) is 2.85. The van der Waals surface area contributed by atoms with Crippen LogP contribution in [0, 0.1) is 0 Å². The second-order valence-electron chi connectivity index (χ2n) is 3.17. The van der Waals surface area contributed by atoms with E-state index in [9.17, 15) is 0 Å². The van der Waals surface area contributed by atoms with Gasteiger partial charge in [0.05, 0.1) is 19.3 Å². The van der Waals surface area contributed by atoms with Crippen molar-refractivity contribution in [2.75, 3.05) is 13.2 Å². The summed E-state index contributed by atoms with van der Waals surface area (Å²) in [6.07, 6.45) is 1.23. The smallest absolute Gasteiger partial charge is 0.0851 e. The van der Waals surface area contributed by atoms with Crippen LogP contribution in [0.1, 0.15) is 20.3 Å². The van der Waals surface area contributed by atoms with Crippen LogP contribution in [0.25, 0.3) is 0 Å². The standard InChI is InChI=1S/C9H15NO/c1-7(2)11-6-9-4-8(3)5-10-9/h7H,3-6H2,1-2H3. The van der Waals surface area contributed by atoms with Crippen molar-refractivity contribution >= 4 is 5.71 Å². The lowest BCUT2D eigenvalue weighted by atomic mass is 10.2. The molecule has 11 heavy (non-hydrogen) atoms. The normalized spacial score (nSPS) is 17.7. The Morgan fingerprint density at radius 1 is 1.64 bits per heavy atom. The molecule has 0 saturated carbocycles. The minimum absolute atomic E-state index is 0.298. The molecule has 0 fully saturated rings. The van der Waals surface area contributed by atoms with Crippen LogP contribution < -0.4 is 0 Å². The maximum Gasteiger partial charge on any atom is 0.0851 e. The van der Waals surface area contributed by atoms with Gasteiger partial charge in [-0.1, -0.05) is 12.2 Å². The summed E-state index contributed by atoms with van der Waals surface area (Å²) < 4.78 is 5.40. The molecule has 0 unspecified atom stereocenters. The number of nitrogens with zero attached hydrogens (tertiary/aromatic N) is 1. The van der Waals surface area contributed by atoms with Gasteiger partial charge >= 0.3 is 0 Å². The highest BCUT2D eigenvalue weighted by molar-refractivity contribution is 5.89. The fraction of sp³-hybridized carbons (Fsp3) is 0.667. The third-order valence-corrected chi connectivity index (χ3v) is 1.56. The molecule has 0 bridgehead atoms. The second-order valence-corrected chi connectivity index (χ2v) is 3.17. The van der Waals surface area contributed by atoms with Gasteiger partial charge in [0.2, 0.25) is 0 Å². The highest BCUT2D eigenvalue weighted by atomic mass is 16.5. The molecular formula is C9H15NO. The first-order valence-corrected chi connectivity index (χ1v) is 3.99.